The van der Waals surface area contributed by atoms with Gasteiger partial charge in [0.15, 0.2) is 17.8 Å². The van der Waals surface area contributed by atoms with E-state index in [1.807, 2.05) is 0 Å². The lowest BCUT2D eigenvalue weighted by Gasteiger charge is -2.16. The molecule has 4 rings (SSSR count). The van der Waals surface area contributed by atoms with Crippen molar-refractivity contribution in [2.45, 2.75) is 38.4 Å². The molecule has 0 fully saturated rings. The van der Waals surface area contributed by atoms with Gasteiger partial charge in [-0.1, -0.05) is 47.5 Å². The van der Waals surface area contributed by atoms with Crippen LogP contribution in [0.2, 0.25) is 10.2 Å². The molecule has 2 N–H and O–H groups in total. The molecule has 196 valence electrons. The highest BCUT2D eigenvalue weighted by Gasteiger charge is 2.39. The molecule has 14 heteroatoms. The standard InChI is InChI=1S/C23H19Cl2F4N5O3/c1-12(35)21-30-18(31-34(21)16-5-3-2-4-15(16)26)11-33-20(25)19(13-6-8-14(24)9-7-13)32(22(33)37)10-17(36)23(27,28)29/h2-9,12,17,35-36H,10-11H2,1H3. The Labute approximate surface area is 216 Å². The number of nitrogens with zero attached hydrogens (tertiary/aromatic N) is 5. The van der Waals surface area contributed by atoms with E-state index in [0.717, 1.165) is 9.25 Å². The van der Waals surface area contributed by atoms with E-state index in [9.17, 15) is 32.6 Å². The highest BCUT2D eigenvalue weighted by Crippen LogP contribution is 2.31. The maximum absolute atomic E-state index is 14.4. The molecule has 2 aromatic carbocycles. The third-order valence-electron chi connectivity index (χ3n) is 5.45. The van der Waals surface area contributed by atoms with Gasteiger partial charge in [0.25, 0.3) is 0 Å². The van der Waals surface area contributed by atoms with E-state index in [0.29, 0.717) is 9.59 Å². The van der Waals surface area contributed by atoms with Crippen molar-refractivity contribution in [1.29, 1.82) is 0 Å². The molecular weight excluding hydrogens is 541 g/mol. The van der Waals surface area contributed by atoms with Gasteiger partial charge >= 0.3 is 11.9 Å². The number of rotatable bonds is 7. The molecule has 0 aliphatic rings. The van der Waals surface area contributed by atoms with Gasteiger partial charge in [0.05, 0.1) is 18.8 Å². The first-order chi connectivity index (χ1) is 17.4. The van der Waals surface area contributed by atoms with E-state index in [1.54, 1.807) is 6.07 Å². The number of aliphatic hydroxyl groups is 2. The van der Waals surface area contributed by atoms with Crippen LogP contribution in [0.5, 0.6) is 0 Å². The zero-order chi connectivity index (χ0) is 27.1. The Balaban J connectivity index is 1.83. The molecule has 4 aromatic rings. The first-order valence-corrected chi connectivity index (χ1v) is 11.5. The van der Waals surface area contributed by atoms with Gasteiger partial charge in [-0.3, -0.25) is 9.13 Å². The Morgan fingerprint density at radius 2 is 1.68 bits per heavy atom. The summed E-state index contributed by atoms with van der Waals surface area (Å²) < 4.78 is 56.5. The van der Waals surface area contributed by atoms with Crippen molar-refractivity contribution in [3.8, 4) is 16.9 Å². The minimum Gasteiger partial charge on any atom is -0.385 e. The number of hydrogen-bond donors (Lipinski definition) is 2. The number of halogens is 6. The molecule has 2 aromatic heterocycles. The molecule has 0 saturated heterocycles. The first-order valence-electron chi connectivity index (χ1n) is 10.8. The predicted molar refractivity (Wildman–Crippen MR) is 127 cm³/mol. The molecule has 2 heterocycles. The largest absolute Gasteiger partial charge is 0.416 e. The zero-order valence-corrected chi connectivity index (χ0v) is 20.5. The normalized spacial score (nSPS) is 13.6. The van der Waals surface area contributed by atoms with Crippen LogP contribution in [0.4, 0.5) is 17.6 Å². The van der Waals surface area contributed by atoms with Crippen LogP contribution in [0.15, 0.2) is 53.3 Å². The molecule has 0 amide bonds. The molecular formula is C23H19Cl2F4N5O3. The lowest BCUT2D eigenvalue weighted by atomic mass is 10.1. The van der Waals surface area contributed by atoms with Gasteiger partial charge in [-0.2, -0.15) is 13.2 Å². The molecule has 0 radical (unpaired) electrons. The molecule has 2 unspecified atom stereocenters. The Morgan fingerprint density at radius 1 is 1.03 bits per heavy atom. The number of benzene rings is 2. The summed E-state index contributed by atoms with van der Waals surface area (Å²) in [6.45, 7) is -0.157. The molecule has 37 heavy (non-hydrogen) atoms. The van der Waals surface area contributed by atoms with Crippen molar-refractivity contribution in [2.75, 3.05) is 0 Å². The van der Waals surface area contributed by atoms with Crippen LogP contribution in [0.1, 0.15) is 24.7 Å². The van der Waals surface area contributed by atoms with E-state index in [4.69, 9.17) is 23.2 Å². The van der Waals surface area contributed by atoms with Crippen LogP contribution in [-0.2, 0) is 13.1 Å². The monoisotopic (exact) mass is 559 g/mol. The average molecular weight is 560 g/mol. The van der Waals surface area contributed by atoms with E-state index in [1.165, 1.54) is 49.4 Å². The highest BCUT2D eigenvalue weighted by molar-refractivity contribution is 6.32. The van der Waals surface area contributed by atoms with Crippen LogP contribution in [-0.4, -0.2) is 46.4 Å². The fourth-order valence-corrected chi connectivity index (χ4v) is 4.15. The van der Waals surface area contributed by atoms with Gasteiger partial charge < -0.3 is 10.2 Å². The van der Waals surface area contributed by atoms with Gasteiger partial charge in [0, 0.05) is 10.6 Å². The van der Waals surface area contributed by atoms with Crippen molar-refractivity contribution in [1.82, 2.24) is 23.9 Å². The summed E-state index contributed by atoms with van der Waals surface area (Å²) in [5.41, 5.74) is -0.799. The van der Waals surface area contributed by atoms with Crippen molar-refractivity contribution in [3.63, 3.8) is 0 Å². The molecule has 8 nitrogen and oxygen atoms in total. The summed E-state index contributed by atoms with van der Waals surface area (Å²) >= 11 is 12.4. The van der Waals surface area contributed by atoms with Gasteiger partial charge in [-0.15, -0.1) is 5.10 Å². The number of aliphatic hydroxyl groups excluding tert-OH is 2. The fraction of sp³-hybridized carbons (Fsp3) is 0.261. The lowest BCUT2D eigenvalue weighted by molar-refractivity contribution is -0.207. The van der Waals surface area contributed by atoms with Crippen LogP contribution in [0.3, 0.4) is 0 Å². The number of hydrogen-bond acceptors (Lipinski definition) is 5. The predicted octanol–water partition coefficient (Wildman–Crippen LogP) is 4.37. The molecule has 0 aliphatic carbocycles. The van der Waals surface area contributed by atoms with E-state index < -0.39 is 43.0 Å². The second-order valence-corrected chi connectivity index (χ2v) is 8.90. The van der Waals surface area contributed by atoms with Gasteiger partial charge in [0.2, 0.25) is 0 Å². The minimum absolute atomic E-state index is 0.0108. The molecule has 0 aliphatic heterocycles. The molecule has 2 atom stereocenters. The van der Waals surface area contributed by atoms with Crippen LogP contribution >= 0.6 is 23.2 Å². The quantitative estimate of drug-likeness (QED) is 0.328. The summed E-state index contributed by atoms with van der Waals surface area (Å²) in [4.78, 5) is 17.4. The Bertz CT molecular complexity index is 1480. The maximum atomic E-state index is 14.4. The van der Waals surface area contributed by atoms with Crippen LogP contribution < -0.4 is 5.69 Å². The first kappa shape index (κ1) is 26.9. The maximum Gasteiger partial charge on any atom is 0.416 e. The smallest absolute Gasteiger partial charge is 0.385 e. The van der Waals surface area contributed by atoms with E-state index in [-0.39, 0.29) is 33.7 Å². The Kier molecular flexibility index (Phi) is 7.47. The summed E-state index contributed by atoms with van der Waals surface area (Å²) in [5, 5.41) is 24.1. The van der Waals surface area contributed by atoms with E-state index in [2.05, 4.69) is 10.1 Å². The number of imidazole rings is 1. The third kappa shape index (κ3) is 5.42. The van der Waals surface area contributed by atoms with Gasteiger partial charge in [-0.05, 0) is 31.2 Å². The number of aromatic nitrogens is 5. The fourth-order valence-electron chi connectivity index (χ4n) is 3.68. The van der Waals surface area contributed by atoms with Crippen LogP contribution in [0.25, 0.3) is 16.9 Å². The van der Waals surface area contributed by atoms with Crippen LogP contribution in [0, 0.1) is 5.82 Å². The SMILES string of the molecule is CC(O)c1nc(Cn2c(Cl)c(-c3ccc(Cl)cc3)n(CC(O)C(F)(F)F)c2=O)nn1-c1ccccc1F. The second-order valence-electron chi connectivity index (χ2n) is 8.11. The highest BCUT2D eigenvalue weighted by atomic mass is 35.5. The molecule has 0 spiro atoms. The van der Waals surface area contributed by atoms with Crippen molar-refractivity contribution in [2.24, 2.45) is 0 Å². The summed E-state index contributed by atoms with van der Waals surface area (Å²) in [6, 6.07) is 11.5. The van der Waals surface area contributed by atoms with Gasteiger partial charge in [-0.25, -0.2) is 18.9 Å². The minimum atomic E-state index is -4.99. The summed E-state index contributed by atoms with van der Waals surface area (Å²) in [7, 11) is 0. The summed E-state index contributed by atoms with van der Waals surface area (Å²) in [6.07, 6.45) is -9.01. The molecule has 0 saturated carbocycles. The number of alkyl halides is 3. The Hall–Kier alpha value is -3.19. The topological polar surface area (TPSA) is 98.1 Å². The second kappa shape index (κ2) is 10.3. The number of para-hydroxylation sites is 1. The van der Waals surface area contributed by atoms with Crippen molar-refractivity contribution < 1.29 is 27.8 Å². The summed E-state index contributed by atoms with van der Waals surface area (Å²) in [5.74, 6) is -0.748. The third-order valence-corrected chi connectivity index (χ3v) is 6.08. The van der Waals surface area contributed by atoms with Gasteiger partial charge in [0.1, 0.15) is 22.8 Å². The Morgan fingerprint density at radius 3 is 2.27 bits per heavy atom. The zero-order valence-electron chi connectivity index (χ0n) is 19.0. The van der Waals surface area contributed by atoms with Crippen molar-refractivity contribution in [3.05, 3.63) is 86.7 Å². The molecule has 0 bridgehead atoms. The van der Waals surface area contributed by atoms with E-state index >= 15 is 0 Å². The van der Waals surface area contributed by atoms with Crippen molar-refractivity contribution >= 4 is 23.2 Å². The average Bonchev–Trinajstić information content (AvgIpc) is 3.35. The lowest BCUT2D eigenvalue weighted by Crippen LogP contribution is -2.37.